The van der Waals surface area contributed by atoms with Crippen molar-refractivity contribution in [2.75, 3.05) is 17.7 Å². The van der Waals surface area contributed by atoms with Crippen LogP contribution < -0.4 is 10.4 Å². The van der Waals surface area contributed by atoms with Crippen molar-refractivity contribution in [2.45, 2.75) is 24.2 Å². The number of hydrogen-bond donors (Lipinski definition) is 2. The van der Waals surface area contributed by atoms with Crippen molar-refractivity contribution in [1.82, 2.24) is 5.48 Å². The quantitative estimate of drug-likeness (QED) is 0.515. The summed E-state index contributed by atoms with van der Waals surface area (Å²) in [6, 6.07) is 1.91. The Morgan fingerprint density at radius 2 is 2.00 bits per heavy atom. The molecule has 12 heteroatoms. The van der Waals surface area contributed by atoms with Gasteiger partial charge in [-0.2, -0.15) is 0 Å². The number of benzene rings is 1. The first-order valence-corrected chi connectivity index (χ1v) is 9.86. The molecule has 1 aliphatic rings. The molecule has 0 spiro atoms. The average Bonchev–Trinajstić information content (AvgIpc) is 2.84. The van der Waals surface area contributed by atoms with E-state index in [1.54, 1.807) is 0 Å². The first-order valence-electron chi connectivity index (χ1n) is 7.17. The van der Waals surface area contributed by atoms with Crippen LogP contribution in [0.1, 0.15) is 13.3 Å². The first kappa shape index (κ1) is 20.5. The van der Waals surface area contributed by atoms with Gasteiger partial charge in [-0.3, -0.25) is 14.9 Å². The Morgan fingerprint density at radius 3 is 2.46 bits per heavy atom. The van der Waals surface area contributed by atoms with Crippen molar-refractivity contribution in [3.8, 4) is 0 Å². The molecule has 0 aromatic heterocycles. The summed E-state index contributed by atoms with van der Waals surface area (Å²) < 4.78 is 55.0. The first-order chi connectivity index (χ1) is 11.9. The Bertz CT molecular complexity index is 842. The maximum absolute atomic E-state index is 14.1. The number of carbonyl (C=O) groups excluding carboxylic acids is 2. The van der Waals surface area contributed by atoms with E-state index in [1.165, 1.54) is 5.48 Å². The number of halogens is 3. The predicted molar refractivity (Wildman–Crippen MR) is 89.5 cm³/mol. The molecule has 144 valence electrons. The lowest BCUT2D eigenvalue weighted by molar-refractivity contribution is -0.132. The Morgan fingerprint density at radius 1 is 1.46 bits per heavy atom. The number of cyclic esters (lactones) is 1. The van der Waals surface area contributed by atoms with Crippen LogP contribution in [0.2, 0.25) is 0 Å². The van der Waals surface area contributed by atoms with Gasteiger partial charge in [-0.1, -0.05) is 15.9 Å². The fourth-order valence-electron chi connectivity index (χ4n) is 2.57. The summed E-state index contributed by atoms with van der Waals surface area (Å²) in [5.41, 5.74) is 0.622. The summed E-state index contributed by atoms with van der Waals surface area (Å²) in [6.07, 6.45) is -1.97. The van der Waals surface area contributed by atoms with E-state index < -0.39 is 56.4 Å². The van der Waals surface area contributed by atoms with Crippen molar-refractivity contribution in [2.24, 2.45) is 0 Å². The highest BCUT2D eigenvalue weighted by molar-refractivity contribution is 9.10. The van der Waals surface area contributed by atoms with Crippen LogP contribution in [0.3, 0.4) is 0 Å². The molecule has 1 aliphatic heterocycles. The number of sulfone groups is 1. The van der Waals surface area contributed by atoms with Gasteiger partial charge in [0.2, 0.25) is 0 Å². The molecule has 8 nitrogen and oxygen atoms in total. The van der Waals surface area contributed by atoms with Gasteiger partial charge in [0, 0.05) is 17.1 Å². The molecular formula is C14H15BrF2N2O6S. The highest BCUT2D eigenvalue weighted by Gasteiger charge is 2.48. The van der Waals surface area contributed by atoms with Gasteiger partial charge in [-0.25, -0.2) is 27.5 Å². The molecule has 1 aromatic carbocycles. The third kappa shape index (κ3) is 3.67. The van der Waals surface area contributed by atoms with Gasteiger partial charge in [-0.05, 0) is 19.1 Å². The van der Waals surface area contributed by atoms with E-state index >= 15 is 0 Å². The van der Waals surface area contributed by atoms with Crippen molar-refractivity contribution in [3.05, 3.63) is 28.2 Å². The van der Waals surface area contributed by atoms with Gasteiger partial charge >= 0.3 is 6.09 Å². The van der Waals surface area contributed by atoms with Gasteiger partial charge in [-0.15, -0.1) is 0 Å². The fraction of sp³-hybridized carbons (Fsp3) is 0.429. The highest BCUT2D eigenvalue weighted by atomic mass is 79.9. The van der Waals surface area contributed by atoms with Gasteiger partial charge in [0.15, 0.2) is 26.2 Å². The molecule has 1 heterocycles. The molecular weight excluding hydrogens is 442 g/mol. The second-order valence-corrected chi connectivity index (χ2v) is 9.34. The molecule has 2 rings (SSSR count). The molecule has 0 radical (unpaired) electrons. The lowest BCUT2D eigenvalue weighted by Gasteiger charge is -2.26. The summed E-state index contributed by atoms with van der Waals surface area (Å²) in [5.74, 6) is -3.25. The zero-order chi connectivity index (χ0) is 19.9. The summed E-state index contributed by atoms with van der Waals surface area (Å²) in [4.78, 5) is 24.5. The number of nitrogens with zero attached hydrogens (tertiary/aromatic N) is 1. The van der Waals surface area contributed by atoms with Gasteiger partial charge in [0.05, 0.1) is 6.54 Å². The topological polar surface area (TPSA) is 113 Å². The second kappa shape index (κ2) is 7.08. The van der Waals surface area contributed by atoms with E-state index in [1.807, 2.05) is 0 Å². The molecule has 2 N–H and O–H groups in total. The van der Waals surface area contributed by atoms with Gasteiger partial charge in [0.1, 0.15) is 11.8 Å². The molecule has 1 aromatic rings. The van der Waals surface area contributed by atoms with Crippen LogP contribution in [0.25, 0.3) is 0 Å². The van der Waals surface area contributed by atoms with E-state index in [0.717, 1.165) is 25.3 Å². The van der Waals surface area contributed by atoms with Crippen molar-refractivity contribution < 1.29 is 36.7 Å². The predicted octanol–water partition coefficient (Wildman–Crippen LogP) is 1.75. The molecule has 1 saturated heterocycles. The summed E-state index contributed by atoms with van der Waals surface area (Å²) in [7, 11) is -4.02. The fourth-order valence-corrected chi connectivity index (χ4v) is 3.84. The molecule has 0 unspecified atom stereocenters. The Balaban J connectivity index is 2.32. The number of amides is 2. The van der Waals surface area contributed by atoms with Crippen LogP contribution in [0.5, 0.6) is 0 Å². The van der Waals surface area contributed by atoms with E-state index in [-0.39, 0.29) is 11.0 Å². The third-order valence-corrected chi connectivity index (χ3v) is 6.59. The zero-order valence-corrected chi connectivity index (χ0v) is 16.0. The maximum atomic E-state index is 14.1. The zero-order valence-electron chi connectivity index (χ0n) is 13.6. The van der Waals surface area contributed by atoms with Crippen LogP contribution in [-0.2, 0) is 19.4 Å². The van der Waals surface area contributed by atoms with Gasteiger partial charge < -0.3 is 4.74 Å². The number of nitrogens with one attached hydrogen (secondary N) is 1. The number of hydroxylamine groups is 1. The molecule has 2 atom stereocenters. The normalized spacial score (nSPS) is 19.8. The van der Waals surface area contributed by atoms with Crippen molar-refractivity contribution in [3.63, 3.8) is 0 Å². The Kier molecular flexibility index (Phi) is 5.59. The standard InChI is InChI=1S/C14H15BrF2N2O6S/c1-14(12(20)18-22,26(2,23)24)5-8-6-19(13(21)25-8)11-9(16)3-7(15)4-10(11)17/h3-4,8,22H,5-6H2,1-2H3,(H,18,20)/t8-,14+/m0/s1. The minimum atomic E-state index is -4.02. The van der Waals surface area contributed by atoms with E-state index in [4.69, 9.17) is 9.94 Å². The van der Waals surface area contributed by atoms with Crippen molar-refractivity contribution in [1.29, 1.82) is 0 Å². The lowest BCUT2D eigenvalue weighted by Crippen LogP contribution is -2.51. The van der Waals surface area contributed by atoms with E-state index in [2.05, 4.69) is 15.9 Å². The lowest BCUT2D eigenvalue weighted by atomic mass is 10.0. The molecule has 0 saturated carbocycles. The number of carbonyl (C=O) groups is 2. The SMILES string of the molecule is C[C@@](C[C@H]1CN(c2c(F)cc(Br)cc2F)C(=O)O1)(C(=O)NO)S(C)(=O)=O. The minimum absolute atomic E-state index is 0.129. The summed E-state index contributed by atoms with van der Waals surface area (Å²) >= 11 is 2.92. The monoisotopic (exact) mass is 456 g/mol. The minimum Gasteiger partial charge on any atom is -0.444 e. The van der Waals surface area contributed by atoms with Crippen LogP contribution in [0.4, 0.5) is 19.3 Å². The second-order valence-electron chi connectivity index (χ2n) is 5.98. The van der Waals surface area contributed by atoms with Crippen LogP contribution in [-0.4, -0.2) is 49.3 Å². The van der Waals surface area contributed by atoms with Gasteiger partial charge in [0.25, 0.3) is 5.91 Å². The Labute approximate surface area is 156 Å². The average molecular weight is 457 g/mol. The number of rotatable bonds is 5. The van der Waals surface area contributed by atoms with Crippen molar-refractivity contribution >= 4 is 43.5 Å². The summed E-state index contributed by atoms with van der Waals surface area (Å²) in [5, 5.41) is 8.80. The highest BCUT2D eigenvalue weighted by Crippen LogP contribution is 2.33. The maximum Gasteiger partial charge on any atom is 0.414 e. The summed E-state index contributed by atoms with van der Waals surface area (Å²) in [6.45, 7) is 0.670. The van der Waals surface area contributed by atoms with Crippen LogP contribution >= 0.6 is 15.9 Å². The van der Waals surface area contributed by atoms with E-state index in [9.17, 15) is 26.8 Å². The third-order valence-electron chi connectivity index (χ3n) is 4.14. The molecule has 26 heavy (non-hydrogen) atoms. The number of anilines is 1. The van der Waals surface area contributed by atoms with Crippen LogP contribution in [0.15, 0.2) is 16.6 Å². The molecule has 2 amide bonds. The van der Waals surface area contributed by atoms with Crippen LogP contribution in [0, 0.1) is 11.6 Å². The smallest absolute Gasteiger partial charge is 0.414 e. The number of ether oxygens (including phenoxy) is 1. The largest absolute Gasteiger partial charge is 0.444 e. The molecule has 0 aliphatic carbocycles. The number of hydrogen-bond acceptors (Lipinski definition) is 6. The van der Waals surface area contributed by atoms with E-state index in [0.29, 0.717) is 4.90 Å². The molecule has 1 fully saturated rings. The molecule has 0 bridgehead atoms. The Hall–Kier alpha value is -1.79.